The van der Waals surface area contributed by atoms with Crippen molar-refractivity contribution in [2.24, 2.45) is 10.9 Å². The van der Waals surface area contributed by atoms with Crippen LogP contribution in [0.2, 0.25) is 0 Å². The van der Waals surface area contributed by atoms with E-state index in [-0.39, 0.29) is 24.0 Å². The second-order valence-electron chi connectivity index (χ2n) is 5.63. The van der Waals surface area contributed by atoms with Crippen LogP contribution in [0.1, 0.15) is 42.8 Å². The summed E-state index contributed by atoms with van der Waals surface area (Å²) in [6.07, 6.45) is 1.27. The van der Waals surface area contributed by atoms with Gasteiger partial charge < -0.3 is 15.4 Å². The molecule has 23 heavy (non-hydrogen) atoms. The van der Waals surface area contributed by atoms with Crippen molar-refractivity contribution < 1.29 is 4.74 Å². The molecular formula is C16H31IN4OS. The first-order chi connectivity index (χ1) is 10.5. The van der Waals surface area contributed by atoms with Crippen molar-refractivity contribution in [2.75, 3.05) is 20.2 Å². The number of halogens is 1. The van der Waals surface area contributed by atoms with Crippen molar-refractivity contribution in [3.05, 3.63) is 15.6 Å². The van der Waals surface area contributed by atoms with Crippen LogP contribution in [0.3, 0.4) is 0 Å². The van der Waals surface area contributed by atoms with E-state index >= 15 is 0 Å². The van der Waals surface area contributed by atoms with Gasteiger partial charge >= 0.3 is 0 Å². The van der Waals surface area contributed by atoms with Crippen LogP contribution in [0, 0.1) is 19.8 Å². The van der Waals surface area contributed by atoms with E-state index in [0.29, 0.717) is 18.6 Å². The second kappa shape index (κ2) is 12.0. The minimum absolute atomic E-state index is 0. The van der Waals surface area contributed by atoms with Gasteiger partial charge in [0.1, 0.15) is 5.01 Å². The van der Waals surface area contributed by atoms with E-state index in [0.717, 1.165) is 36.2 Å². The van der Waals surface area contributed by atoms with Crippen LogP contribution in [-0.4, -0.2) is 37.2 Å². The summed E-state index contributed by atoms with van der Waals surface area (Å²) in [6.45, 7) is 12.9. The topological polar surface area (TPSA) is 58.5 Å². The van der Waals surface area contributed by atoms with E-state index in [1.807, 2.05) is 13.8 Å². The molecule has 0 radical (unpaired) electrons. The number of thiazole rings is 1. The Bertz CT molecular complexity index is 457. The molecule has 5 nitrogen and oxygen atoms in total. The molecule has 0 bridgehead atoms. The fourth-order valence-corrected chi connectivity index (χ4v) is 3.02. The minimum atomic E-state index is 0. The highest BCUT2D eigenvalue weighted by Gasteiger charge is 2.13. The van der Waals surface area contributed by atoms with Gasteiger partial charge in [-0.05, 0) is 33.1 Å². The van der Waals surface area contributed by atoms with E-state index in [1.54, 1.807) is 18.4 Å². The number of hydrogen-bond donors (Lipinski definition) is 2. The largest absolute Gasteiger partial charge is 0.378 e. The van der Waals surface area contributed by atoms with E-state index in [4.69, 9.17) is 4.74 Å². The van der Waals surface area contributed by atoms with E-state index in [1.165, 1.54) is 4.88 Å². The molecule has 0 aliphatic heterocycles. The number of aromatic nitrogens is 1. The number of aryl methyl sites for hydroxylation is 2. The summed E-state index contributed by atoms with van der Waals surface area (Å²) in [5.41, 5.74) is 1.11. The highest BCUT2D eigenvalue weighted by molar-refractivity contribution is 14.0. The third-order valence-electron chi connectivity index (χ3n) is 3.55. The van der Waals surface area contributed by atoms with Crippen LogP contribution >= 0.6 is 35.3 Å². The van der Waals surface area contributed by atoms with Crippen molar-refractivity contribution >= 4 is 41.3 Å². The number of nitrogens with zero attached hydrogens (tertiary/aromatic N) is 2. The van der Waals surface area contributed by atoms with Gasteiger partial charge in [-0.25, -0.2) is 4.98 Å². The maximum absolute atomic E-state index is 5.76. The van der Waals surface area contributed by atoms with Gasteiger partial charge in [-0.2, -0.15) is 0 Å². The molecule has 1 heterocycles. The third-order valence-corrected chi connectivity index (χ3v) is 4.62. The lowest BCUT2D eigenvalue weighted by Crippen LogP contribution is -2.38. The molecule has 0 aliphatic carbocycles. The smallest absolute Gasteiger partial charge is 0.191 e. The van der Waals surface area contributed by atoms with Crippen LogP contribution in [-0.2, 0) is 11.3 Å². The van der Waals surface area contributed by atoms with Crippen LogP contribution in [0.25, 0.3) is 0 Å². The van der Waals surface area contributed by atoms with Gasteiger partial charge in [0, 0.05) is 25.1 Å². The predicted molar refractivity (Wildman–Crippen MR) is 110 cm³/mol. The lowest BCUT2D eigenvalue weighted by atomic mass is 10.0. The van der Waals surface area contributed by atoms with Crippen molar-refractivity contribution in [1.82, 2.24) is 15.6 Å². The van der Waals surface area contributed by atoms with Gasteiger partial charge in [0.15, 0.2) is 5.96 Å². The Labute approximate surface area is 161 Å². The van der Waals surface area contributed by atoms with Crippen molar-refractivity contribution in [3.63, 3.8) is 0 Å². The maximum atomic E-state index is 5.76. The zero-order valence-electron chi connectivity index (χ0n) is 15.1. The van der Waals surface area contributed by atoms with Crippen molar-refractivity contribution in [3.8, 4) is 0 Å². The molecule has 1 aromatic rings. The SMILES string of the molecule is CCOC(CCNC(=NC)NCc1nc(C)c(C)s1)C(C)C.I. The lowest BCUT2D eigenvalue weighted by molar-refractivity contribution is 0.0258. The third kappa shape index (κ3) is 8.30. The summed E-state index contributed by atoms with van der Waals surface area (Å²) in [5, 5.41) is 7.74. The molecule has 0 fully saturated rings. The van der Waals surface area contributed by atoms with Gasteiger partial charge in [0.05, 0.1) is 18.3 Å². The summed E-state index contributed by atoms with van der Waals surface area (Å²) < 4.78 is 5.76. The Morgan fingerprint density at radius 1 is 1.30 bits per heavy atom. The fraction of sp³-hybridized carbons (Fsp3) is 0.750. The van der Waals surface area contributed by atoms with Crippen LogP contribution in [0.4, 0.5) is 0 Å². The number of rotatable bonds is 8. The quantitative estimate of drug-likeness (QED) is 0.359. The number of nitrogens with one attached hydrogen (secondary N) is 2. The van der Waals surface area contributed by atoms with Gasteiger partial charge in [-0.1, -0.05) is 13.8 Å². The molecule has 1 rings (SSSR count). The first-order valence-electron chi connectivity index (χ1n) is 7.96. The van der Waals surface area contributed by atoms with Gasteiger partial charge in [-0.3, -0.25) is 4.99 Å². The monoisotopic (exact) mass is 454 g/mol. The molecule has 1 unspecified atom stereocenters. The number of ether oxygens (including phenoxy) is 1. The molecule has 0 aliphatic rings. The molecule has 0 aromatic carbocycles. The van der Waals surface area contributed by atoms with E-state index in [2.05, 4.69) is 41.4 Å². The molecule has 1 aromatic heterocycles. The Morgan fingerprint density at radius 3 is 2.48 bits per heavy atom. The zero-order valence-corrected chi connectivity index (χ0v) is 18.2. The minimum Gasteiger partial charge on any atom is -0.378 e. The summed E-state index contributed by atoms with van der Waals surface area (Å²) in [5.74, 6) is 1.34. The summed E-state index contributed by atoms with van der Waals surface area (Å²) in [4.78, 5) is 10.1. The van der Waals surface area contributed by atoms with Crippen molar-refractivity contribution in [2.45, 2.75) is 53.7 Å². The van der Waals surface area contributed by atoms with E-state index in [9.17, 15) is 0 Å². The fourth-order valence-electron chi connectivity index (χ4n) is 2.15. The molecule has 1 atom stereocenters. The second-order valence-corrected chi connectivity index (χ2v) is 6.92. The van der Waals surface area contributed by atoms with Crippen LogP contribution < -0.4 is 10.6 Å². The number of guanidine groups is 1. The molecule has 134 valence electrons. The number of hydrogen-bond acceptors (Lipinski definition) is 4. The highest BCUT2D eigenvalue weighted by atomic mass is 127. The van der Waals surface area contributed by atoms with Gasteiger partial charge in [0.25, 0.3) is 0 Å². The Kier molecular flexibility index (Phi) is 11.8. The molecular weight excluding hydrogens is 423 g/mol. The first-order valence-corrected chi connectivity index (χ1v) is 8.78. The van der Waals surface area contributed by atoms with E-state index < -0.39 is 0 Å². The van der Waals surface area contributed by atoms with Crippen LogP contribution in [0.5, 0.6) is 0 Å². The average Bonchev–Trinajstić information content (AvgIpc) is 2.80. The van der Waals surface area contributed by atoms with Gasteiger partial charge in [0.2, 0.25) is 0 Å². The molecule has 0 amide bonds. The normalized spacial score (nSPS) is 12.9. The lowest BCUT2D eigenvalue weighted by Gasteiger charge is -2.21. The Hall–Kier alpha value is -0.410. The maximum Gasteiger partial charge on any atom is 0.191 e. The van der Waals surface area contributed by atoms with Gasteiger partial charge in [-0.15, -0.1) is 35.3 Å². The first kappa shape index (κ1) is 22.6. The molecule has 7 heteroatoms. The molecule has 0 saturated heterocycles. The molecule has 0 spiro atoms. The highest BCUT2D eigenvalue weighted by Crippen LogP contribution is 2.15. The summed E-state index contributed by atoms with van der Waals surface area (Å²) >= 11 is 1.73. The summed E-state index contributed by atoms with van der Waals surface area (Å²) in [6, 6.07) is 0. The van der Waals surface area contributed by atoms with Crippen molar-refractivity contribution in [1.29, 1.82) is 0 Å². The van der Waals surface area contributed by atoms with Crippen LogP contribution in [0.15, 0.2) is 4.99 Å². The number of aliphatic imine (C=N–C) groups is 1. The standard InChI is InChI=1S/C16H30N4OS.HI/c1-7-21-14(11(2)3)8-9-18-16(17-6)19-10-15-20-12(4)13(5)22-15;/h11,14H,7-10H2,1-6H3,(H2,17,18,19);1H. The zero-order chi connectivity index (χ0) is 16.5. The Balaban J connectivity index is 0.00000484. The molecule has 2 N–H and O–H groups in total. The Morgan fingerprint density at radius 2 is 2.00 bits per heavy atom. The summed E-state index contributed by atoms with van der Waals surface area (Å²) in [7, 11) is 1.79. The molecule has 0 saturated carbocycles. The predicted octanol–water partition coefficient (Wildman–Crippen LogP) is 3.49. The average molecular weight is 454 g/mol.